The number of anilines is 2. The van der Waals surface area contributed by atoms with Crippen LogP contribution in [0.3, 0.4) is 0 Å². The van der Waals surface area contributed by atoms with E-state index in [-0.39, 0.29) is 11.7 Å². The van der Waals surface area contributed by atoms with E-state index in [0.29, 0.717) is 36.4 Å². The molecule has 1 fully saturated rings. The number of hydrogen-bond acceptors (Lipinski definition) is 7. The molecule has 0 unspecified atom stereocenters. The average Bonchev–Trinajstić information content (AvgIpc) is 3.17. The number of nitrogens with zero attached hydrogens (tertiary/aromatic N) is 3. The Morgan fingerprint density at radius 1 is 1.09 bits per heavy atom. The van der Waals surface area contributed by atoms with Gasteiger partial charge in [0.1, 0.15) is 17.8 Å². The van der Waals surface area contributed by atoms with Crippen LogP contribution in [0.25, 0.3) is 11.0 Å². The zero-order valence-corrected chi connectivity index (χ0v) is 19.5. The summed E-state index contributed by atoms with van der Waals surface area (Å²) >= 11 is 0. The molecule has 0 radical (unpaired) electrons. The molecule has 9 nitrogen and oxygen atoms in total. The summed E-state index contributed by atoms with van der Waals surface area (Å²) in [6.07, 6.45) is 7.83. The molecule has 176 valence electrons. The molecule has 1 aliphatic heterocycles. The molecule has 10 heteroatoms. The maximum atomic E-state index is 12.8. The van der Waals surface area contributed by atoms with Gasteiger partial charge in [-0.2, -0.15) is 0 Å². The Hall–Kier alpha value is -3.01. The monoisotopic (exact) mass is 471 g/mol. The normalized spacial score (nSPS) is 20.9. The summed E-state index contributed by atoms with van der Waals surface area (Å²) in [5, 5.41) is 1.00. The molecule has 0 bridgehead atoms. The smallest absolute Gasteiger partial charge is 0.232 e. The third-order valence-electron chi connectivity index (χ3n) is 6.51. The Morgan fingerprint density at radius 3 is 2.70 bits per heavy atom. The summed E-state index contributed by atoms with van der Waals surface area (Å²) in [4.78, 5) is 14.1. The first-order valence-corrected chi connectivity index (χ1v) is 13.0. The van der Waals surface area contributed by atoms with Gasteiger partial charge in [0.05, 0.1) is 30.0 Å². The molecule has 2 aliphatic rings. The lowest BCUT2D eigenvalue weighted by Crippen LogP contribution is -2.37. The van der Waals surface area contributed by atoms with Crippen LogP contribution in [-0.4, -0.2) is 55.4 Å². The third kappa shape index (κ3) is 4.85. The van der Waals surface area contributed by atoms with Crippen LogP contribution in [0.1, 0.15) is 32.1 Å². The molecule has 1 saturated carbocycles. The van der Waals surface area contributed by atoms with Gasteiger partial charge >= 0.3 is 0 Å². The van der Waals surface area contributed by atoms with Gasteiger partial charge in [0, 0.05) is 31.8 Å². The van der Waals surface area contributed by atoms with Gasteiger partial charge in [0.25, 0.3) is 0 Å². The molecule has 0 atom stereocenters. The fraction of sp³-hybridized carbons (Fsp3) is 0.478. The summed E-state index contributed by atoms with van der Waals surface area (Å²) in [6, 6.07) is 7.50. The molecule has 2 N–H and O–H groups in total. The second kappa shape index (κ2) is 9.09. The number of aromatic amines is 1. The number of ether oxygens (including phenoxy) is 2. The highest BCUT2D eigenvalue weighted by Crippen LogP contribution is 2.34. The number of fused-ring (bicyclic) bond motifs is 2. The zero-order valence-electron chi connectivity index (χ0n) is 18.7. The lowest BCUT2D eigenvalue weighted by Gasteiger charge is -2.35. The maximum Gasteiger partial charge on any atom is 0.232 e. The van der Waals surface area contributed by atoms with E-state index in [1.807, 2.05) is 12.3 Å². The van der Waals surface area contributed by atoms with Gasteiger partial charge in [-0.15, -0.1) is 0 Å². The van der Waals surface area contributed by atoms with Crippen molar-refractivity contribution in [3.63, 3.8) is 0 Å². The highest BCUT2D eigenvalue weighted by atomic mass is 32.2. The van der Waals surface area contributed by atoms with Crippen molar-refractivity contribution >= 4 is 32.6 Å². The molecule has 2 aromatic heterocycles. The van der Waals surface area contributed by atoms with Gasteiger partial charge in [-0.25, -0.2) is 18.4 Å². The number of nitrogens with one attached hydrogen (secondary N) is 2. The first-order valence-electron chi connectivity index (χ1n) is 11.4. The predicted molar refractivity (Wildman–Crippen MR) is 127 cm³/mol. The predicted octanol–water partition coefficient (Wildman–Crippen LogP) is 3.56. The topological polar surface area (TPSA) is 109 Å². The van der Waals surface area contributed by atoms with Crippen molar-refractivity contribution < 1.29 is 17.9 Å². The number of benzene rings is 1. The molecule has 33 heavy (non-hydrogen) atoms. The lowest BCUT2D eigenvalue weighted by atomic mass is 9.86. The number of hydrogen-bond donors (Lipinski definition) is 2. The number of aromatic nitrogens is 3. The minimum Gasteiger partial charge on any atom is -0.490 e. The minimum atomic E-state index is -3.47. The molecular weight excluding hydrogens is 442 g/mol. The van der Waals surface area contributed by atoms with E-state index in [0.717, 1.165) is 49.0 Å². The van der Waals surface area contributed by atoms with Crippen molar-refractivity contribution in [3.8, 4) is 11.5 Å². The molecule has 1 aromatic carbocycles. The molecular formula is C23H29N5O4S. The summed E-state index contributed by atoms with van der Waals surface area (Å²) in [5.74, 6) is 2.39. The first-order chi connectivity index (χ1) is 16.0. The quantitative estimate of drug-likeness (QED) is 0.566. The Balaban J connectivity index is 1.18. The minimum absolute atomic E-state index is 0.118. The fourth-order valence-electron chi connectivity index (χ4n) is 4.77. The molecule has 1 aliphatic carbocycles. The van der Waals surface area contributed by atoms with E-state index >= 15 is 0 Å². The van der Waals surface area contributed by atoms with E-state index in [2.05, 4.69) is 31.6 Å². The van der Waals surface area contributed by atoms with Crippen LogP contribution in [0.4, 0.5) is 11.5 Å². The van der Waals surface area contributed by atoms with Gasteiger partial charge in [-0.3, -0.25) is 4.72 Å². The van der Waals surface area contributed by atoms with E-state index < -0.39 is 10.0 Å². The van der Waals surface area contributed by atoms with Crippen molar-refractivity contribution in [1.82, 2.24) is 15.0 Å². The third-order valence-corrected chi connectivity index (χ3v) is 7.96. The second-order valence-corrected chi connectivity index (χ2v) is 10.6. The molecule has 5 rings (SSSR count). The van der Waals surface area contributed by atoms with Crippen LogP contribution >= 0.6 is 0 Å². The largest absolute Gasteiger partial charge is 0.490 e. The molecule has 3 heterocycles. The number of sulfonamides is 1. The Kier molecular flexibility index (Phi) is 6.01. The lowest BCUT2D eigenvalue weighted by molar-refractivity contribution is 0.297. The number of rotatable bonds is 6. The summed E-state index contributed by atoms with van der Waals surface area (Å²) in [7, 11) is -1.41. The van der Waals surface area contributed by atoms with Crippen molar-refractivity contribution in [2.45, 2.75) is 38.1 Å². The Bertz CT molecular complexity index is 1220. The van der Waals surface area contributed by atoms with Crippen LogP contribution in [-0.2, 0) is 10.0 Å². The van der Waals surface area contributed by atoms with Gasteiger partial charge in [0.2, 0.25) is 10.0 Å². The fourth-order valence-corrected chi connectivity index (χ4v) is 6.29. The van der Waals surface area contributed by atoms with Crippen LogP contribution in [0.15, 0.2) is 36.8 Å². The number of H-pyrrole nitrogens is 1. The zero-order chi connectivity index (χ0) is 22.8. The molecule has 0 amide bonds. The maximum absolute atomic E-state index is 12.8. The van der Waals surface area contributed by atoms with Crippen molar-refractivity contribution in [2.24, 2.45) is 5.92 Å². The summed E-state index contributed by atoms with van der Waals surface area (Å²) < 4.78 is 39.7. The standard InChI is InChI=1S/C23H29N5O4S/c1-28(23-19-9-10-24-22(19)25-15-26-23)18-6-3-16(4-7-18)14-33(29,30)27-17-5-8-20-21(13-17)32-12-2-11-31-20/h5,8-10,13,15-16,18,27H,2-4,6-7,11-12,14H2,1H3,(H,24,25,26)/t16-,18-. The van der Waals surface area contributed by atoms with Gasteiger partial charge in [-0.1, -0.05) is 0 Å². The van der Waals surface area contributed by atoms with Crippen LogP contribution < -0.4 is 19.1 Å². The molecule has 0 saturated heterocycles. The highest BCUT2D eigenvalue weighted by Gasteiger charge is 2.29. The van der Waals surface area contributed by atoms with Gasteiger partial charge < -0.3 is 19.4 Å². The Morgan fingerprint density at radius 2 is 1.88 bits per heavy atom. The van der Waals surface area contributed by atoms with Crippen molar-refractivity contribution in [3.05, 3.63) is 36.8 Å². The SMILES string of the molecule is CN(c1ncnc2[nH]ccc12)[C@H]1CC[C@H](CS(=O)(=O)Nc2ccc3c(c2)OCCCO3)CC1. The van der Waals surface area contributed by atoms with Crippen LogP contribution in [0, 0.1) is 5.92 Å². The molecule has 0 spiro atoms. The van der Waals surface area contributed by atoms with E-state index in [9.17, 15) is 8.42 Å². The van der Waals surface area contributed by atoms with E-state index in [4.69, 9.17) is 9.47 Å². The summed E-state index contributed by atoms with van der Waals surface area (Å²) in [5.41, 5.74) is 1.33. The van der Waals surface area contributed by atoms with Crippen LogP contribution in [0.5, 0.6) is 11.5 Å². The van der Waals surface area contributed by atoms with Crippen molar-refractivity contribution in [2.75, 3.05) is 35.6 Å². The first kappa shape index (κ1) is 21.8. The Labute approximate surface area is 193 Å². The van der Waals surface area contributed by atoms with Crippen LogP contribution in [0.2, 0.25) is 0 Å². The van der Waals surface area contributed by atoms with E-state index in [1.54, 1.807) is 24.5 Å². The second-order valence-electron chi connectivity index (χ2n) is 8.82. The van der Waals surface area contributed by atoms with Gasteiger partial charge in [0.15, 0.2) is 11.5 Å². The van der Waals surface area contributed by atoms with Gasteiger partial charge in [-0.05, 0) is 49.8 Å². The van der Waals surface area contributed by atoms with E-state index in [1.165, 1.54) is 0 Å². The summed E-state index contributed by atoms with van der Waals surface area (Å²) in [6.45, 7) is 1.16. The average molecular weight is 472 g/mol. The molecule has 3 aromatic rings. The highest BCUT2D eigenvalue weighted by molar-refractivity contribution is 7.92. The van der Waals surface area contributed by atoms with Crippen molar-refractivity contribution in [1.29, 1.82) is 0 Å².